The maximum atomic E-state index is 13.3. The van der Waals surface area contributed by atoms with E-state index < -0.39 is 0 Å². The number of aromatic nitrogens is 3. The number of benzene rings is 4. The summed E-state index contributed by atoms with van der Waals surface area (Å²) < 4.78 is 7.66. The van der Waals surface area contributed by atoms with Crippen LogP contribution in [0, 0.1) is 0 Å². The van der Waals surface area contributed by atoms with Gasteiger partial charge < -0.3 is 10.1 Å². The zero-order chi connectivity index (χ0) is 31.3. The Morgan fingerprint density at radius 3 is 1.89 bits per heavy atom. The lowest BCUT2D eigenvalue weighted by Gasteiger charge is -2.32. The average Bonchev–Trinajstić information content (AvgIpc) is 3.45. The summed E-state index contributed by atoms with van der Waals surface area (Å²) in [6, 6.07) is 41.7. The zero-order valence-corrected chi connectivity index (χ0v) is 27.2. The van der Waals surface area contributed by atoms with Crippen molar-refractivity contribution in [1.82, 2.24) is 25.0 Å². The number of hydrogen-bond acceptors (Lipinski definition) is 5. The van der Waals surface area contributed by atoms with Gasteiger partial charge in [0.25, 0.3) is 5.91 Å². The van der Waals surface area contributed by atoms with Crippen LogP contribution < -0.4 is 10.1 Å². The predicted molar refractivity (Wildman–Crippen MR) is 190 cm³/mol. The Kier molecular flexibility index (Phi) is 9.95. The number of rotatable bonds is 9. The lowest BCUT2D eigenvalue weighted by atomic mass is 10.0. The summed E-state index contributed by atoms with van der Waals surface area (Å²) in [5, 5.41) is 8.48. The van der Waals surface area contributed by atoms with Crippen molar-refractivity contribution in [2.75, 3.05) is 13.1 Å². The zero-order valence-electron chi connectivity index (χ0n) is 26.4. The van der Waals surface area contributed by atoms with E-state index in [4.69, 9.17) is 4.74 Å². The van der Waals surface area contributed by atoms with Crippen molar-refractivity contribution in [3.05, 3.63) is 138 Å². The van der Waals surface area contributed by atoms with Crippen LogP contribution in [0.3, 0.4) is 0 Å². The van der Waals surface area contributed by atoms with E-state index in [0.717, 1.165) is 43.4 Å². The highest BCUT2D eigenvalue weighted by molar-refractivity contribution is 6.04. The molecule has 3 heterocycles. The first-order valence-electron chi connectivity index (χ1n) is 15.9. The van der Waals surface area contributed by atoms with E-state index >= 15 is 0 Å². The summed E-state index contributed by atoms with van der Waals surface area (Å²) >= 11 is 0. The molecule has 47 heavy (non-hydrogen) atoms. The van der Waals surface area contributed by atoms with Gasteiger partial charge in [-0.05, 0) is 52.3 Å². The van der Waals surface area contributed by atoms with Crippen molar-refractivity contribution in [2.45, 2.75) is 32.0 Å². The first kappa shape index (κ1) is 32.0. The van der Waals surface area contributed by atoms with Crippen LogP contribution in [0.15, 0.2) is 121 Å². The van der Waals surface area contributed by atoms with Gasteiger partial charge in [0, 0.05) is 38.8 Å². The number of piperidine rings is 1. The number of nitrogens with one attached hydrogen (secondary N) is 1. The van der Waals surface area contributed by atoms with Gasteiger partial charge in [0.1, 0.15) is 6.61 Å². The van der Waals surface area contributed by atoms with Crippen molar-refractivity contribution >= 4 is 29.3 Å². The van der Waals surface area contributed by atoms with E-state index in [0.29, 0.717) is 23.8 Å². The Hall–Kier alpha value is -4.98. The largest absolute Gasteiger partial charge is 0.473 e. The summed E-state index contributed by atoms with van der Waals surface area (Å²) in [6.07, 6.45) is 1.81. The monoisotopic (exact) mass is 643 g/mol. The first-order valence-corrected chi connectivity index (χ1v) is 15.9. The standard InChI is InChI=1S/C39H37N5O2.ClH/c1-43-38-35(20-21-36(41-38)46-27-29-14-18-33(19-15-29)31-10-6-3-7-11-31)37(42-43)39(45)40-34-22-24-44(25-23-34)26-28-12-16-32(17-13-28)30-8-4-2-5-9-30;/h2-21,34H,22-27H2,1H3,(H,40,45);1H. The summed E-state index contributed by atoms with van der Waals surface area (Å²) in [4.78, 5) is 20.5. The minimum Gasteiger partial charge on any atom is -0.473 e. The Labute approximate surface area is 281 Å². The SMILES string of the molecule is Cl.Cn1nc(C(=O)NC2CCN(Cc3ccc(-c4ccccc4)cc3)CC2)c2ccc(OCc3ccc(-c4ccccc4)cc3)nc21. The van der Waals surface area contributed by atoms with Gasteiger partial charge in [0.15, 0.2) is 11.3 Å². The van der Waals surface area contributed by atoms with Crippen LogP contribution in [0.4, 0.5) is 0 Å². The lowest BCUT2D eigenvalue weighted by molar-refractivity contribution is 0.0904. The van der Waals surface area contributed by atoms with Crippen molar-refractivity contribution in [3.8, 4) is 28.1 Å². The fraction of sp³-hybridized carbons (Fsp3) is 0.205. The maximum Gasteiger partial charge on any atom is 0.272 e. The van der Waals surface area contributed by atoms with Gasteiger partial charge in [-0.2, -0.15) is 10.1 Å². The molecule has 1 amide bonds. The fourth-order valence-corrected chi connectivity index (χ4v) is 6.12. The number of pyridine rings is 1. The number of aryl methyl sites for hydroxylation is 1. The molecule has 1 aliphatic rings. The third-order valence-electron chi connectivity index (χ3n) is 8.71. The molecule has 0 spiro atoms. The molecular weight excluding hydrogens is 606 g/mol. The minimum atomic E-state index is -0.158. The molecule has 0 saturated carbocycles. The Morgan fingerprint density at radius 1 is 0.745 bits per heavy atom. The molecule has 6 aromatic rings. The number of carbonyl (C=O) groups is 1. The van der Waals surface area contributed by atoms with Gasteiger partial charge in [-0.3, -0.25) is 9.69 Å². The average molecular weight is 644 g/mol. The first-order chi connectivity index (χ1) is 22.6. The second-order valence-corrected chi connectivity index (χ2v) is 11.9. The normalized spacial score (nSPS) is 13.6. The molecule has 238 valence electrons. The summed E-state index contributed by atoms with van der Waals surface area (Å²) in [5.74, 6) is 0.339. The molecule has 1 aliphatic heterocycles. The van der Waals surface area contributed by atoms with Crippen molar-refractivity contribution in [2.24, 2.45) is 7.05 Å². The number of nitrogens with zero attached hydrogens (tertiary/aromatic N) is 4. The lowest BCUT2D eigenvalue weighted by Crippen LogP contribution is -2.44. The Morgan fingerprint density at radius 2 is 1.30 bits per heavy atom. The van der Waals surface area contributed by atoms with E-state index in [9.17, 15) is 4.79 Å². The van der Waals surface area contributed by atoms with Gasteiger partial charge in [-0.15, -0.1) is 12.4 Å². The molecule has 1 fully saturated rings. The predicted octanol–water partition coefficient (Wildman–Crippen LogP) is 7.70. The summed E-state index contributed by atoms with van der Waals surface area (Å²) in [7, 11) is 1.81. The van der Waals surface area contributed by atoms with Crippen LogP contribution in [0.1, 0.15) is 34.5 Å². The molecule has 1 N–H and O–H groups in total. The van der Waals surface area contributed by atoms with Gasteiger partial charge in [0.2, 0.25) is 5.88 Å². The molecule has 8 heteroatoms. The Balaban J connectivity index is 0.00000386. The third-order valence-corrected chi connectivity index (χ3v) is 8.71. The Bertz CT molecular complexity index is 1920. The number of halogens is 1. The van der Waals surface area contributed by atoms with E-state index in [-0.39, 0.29) is 24.4 Å². The molecule has 7 nitrogen and oxygen atoms in total. The molecular formula is C39H38ClN5O2. The van der Waals surface area contributed by atoms with Crippen molar-refractivity contribution < 1.29 is 9.53 Å². The highest BCUT2D eigenvalue weighted by atomic mass is 35.5. The molecule has 4 aromatic carbocycles. The van der Waals surface area contributed by atoms with Crippen molar-refractivity contribution in [3.63, 3.8) is 0 Å². The number of amides is 1. The van der Waals surface area contributed by atoms with Crippen LogP contribution in [-0.2, 0) is 20.2 Å². The van der Waals surface area contributed by atoms with Gasteiger partial charge in [0.05, 0.1) is 5.39 Å². The molecule has 2 aromatic heterocycles. The highest BCUT2D eigenvalue weighted by Crippen LogP contribution is 2.24. The van der Waals surface area contributed by atoms with Crippen molar-refractivity contribution in [1.29, 1.82) is 0 Å². The molecule has 7 rings (SSSR count). The number of fused-ring (bicyclic) bond motifs is 1. The molecule has 0 atom stereocenters. The van der Waals surface area contributed by atoms with Gasteiger partial charge >= 0.3 is 0 Å². The topological polar surface area (TPSA) is 72.3 Å². The fourth-order valence-electron chi connectivity index (χ4n) is 6.12. The molecule has 0 aliphatic carbocycles. The molecule has 1 saturated heterocycles. The van der Waals surface area contributed by atoms with E-state index in [1.54, 1.807) is 4.68 Å². The molecule has 0 unspecified atom stereocenters. The molecule has 0 bridgehead atoms. The van der Waals surface area contributed by atoms with Gasteiger partial charge in [-0.25, -0.2) is 4.68 Å². The number of carbonyl (C=O) groups excluding carboxylic acids is 1. The van der Waals surface area contributed by atoms with E-state index in [1.165, 1.54) is 27.8 Å². The number of hydrogen-bond donors (Lipinski definition) is 1. The summed E-state index contributed by atoms with van der Waals surface area (Å²) in [5.41, 5.74) is 8.19. The van der Waals surface area contributed by atoms with Crippen LogP contribution >= 0.6 is 12.4 Å². The van der Waals surface area contributed by atoms with Crippen LogP contribution in [0.5, 0.6) is 5.88 Å². The molecule has 0 radical (unpaired) electrons. The quantitative estimate of drug-likeness (QED) is 0.175. The number of ether oxygens (including phenoxy) is 1. The van der Waals surface area contributed by atoms with Crippen LogP contribution in [-0.4, -0.2) is 44.7 Å². The third kappa shape index (κ3) is 7.54. The van der Waals surface area contributed by atoms with Crippen LogP contribution in [0.25, 0.3) is 33.3 Å². The summed E-state index contributed by atoms with van der Waals surface area (Å²) in [6.45, 7) is 3.18. The van der Waals surface area contributed by atoms with E-state index in [1.807, 2.05) is 43.4 Å². The van der Waals surface area contributed by atoms with E-state index in [2.05, 4.69) is 105 Å². The second-order valence-electron chi connectivity index (χ2n) is 11.9. The maximum absolute atomic E-state index is 13.3. The van der Waals surface area contributed by atoms with Crippen LogP contribution in [0.2, 0.25) is 0 Å². The van der Waals surface area contributed by atoms with Gasteiger partial charge in [-0.1, -0.05) is 109 Å². The highest BCUT2D eigenvalue weighted by Gasteiger charge is 2.24. The number of likely N-dealkylation sites (tertiary alicyclic amines) is 1. The smallest absolute Gasteiger partial charge is 0.272 e. The second kappa shape index (κ2) is 14.6. The minimum absolute atomic E-state index is 0.